The van der Waals surface area contributed by atoms with Crippen LogP contribution in [0.5, 0.6) is 5.88 Å². The highest BCUT2D eigenvalue weighted by molar-refractivity contribution is 5.87. The van der Waals surface area contributed by atoms with Gasteiger partial charge >= 0.3 is 6.16 Å². The molecule has 5 rings (SSSR count). The van der Waals surface area contributed by atoms with E-state index in [9.17, 15) is 15.0 Å². The maximum atomic E-state index is 13.3. The molecular weight excluding hydrogens is 566 g/mol. The second-order valence-electron chi connectivity index (χ2n) is 13.1. The zero-order chi connectivity index (χ0) is 32.4. The van der Waals surface area contributed by atoms with Crippen LogP contribution in [0.1, 0.15) is 55.4 Å². The smallest absolute Gasteiger partial charge is 0.481 e. The molecule has 4 aromatic rings. The van der Waals surface area contributed by atoms with Crippen LogP contribution in [0.25, 0.3) is 16.3 Å². The Morgan fingerprint density at radius 2 is 1.73 bits per heavy atom. The molecule has 0 saturated heterocycles. The lowest BCUT2D eigenvalue weighted by atomic mass is 9.70. The molecule has 2 heterocycles. The zero-order valence-electron chi connectivity index (χ0n) is 26.9. The Labute approximate surface area is 265 Å². The first-order valence-electron chi connectivity index (χ1n) is 15.3. The normalized spacial score (nSPS) is 17.6. The molecule has 8 heteroatoms. The lowest BCUT2D eigenvalue weighted by molar-refractivity contribution is -0.140. The van der Waals surface area contributed by atoms with Gasteiger partial charge in [0.2, 0.25) is 5.88 Å². The van der Waals surface area contributed by atoms with Gasteiger partial charge in [-0.15, -0.1) is 5.06 Å². The molecule has 3 atom stereocenters. The first kappa shape index (κ1) is 32.2. The van der Waals surface area contributed by atoms with Crippen LogP contribution in [-0.4, -0.2) is 71.7 Å². The topological polar surface area (TPSA) is 95.4 Å². The number of fused-ring (bicyclic) bond motifs is 1. The van der Waals surface area contributed by atoms with E-state index in [0.29, 0.717) is 25.4 Å². The first-order valence-corrected chi connectivity index (χ1v) is 15.3. The zero-order valence-corrected chi connectivity index (χ0v) is 26.9. The molecule has 3 unspecified atom stereocenters. The second kappa shape index (κ2) is 13.0. The Morgan fingerprint density at radius 3 is 2.40 bits per heavy atom. The number of methoxy groups -OCH3 is 1. The van der Waals surface area contributed by atoms with Crippen molar-refractivity contribution in [3.8, 4) is 5.88 Å². The van der Waals surface area contributed by atoms with Gasteiger partial charge in [0, 0.05) is 24.2 Å². The number of hydrogen-bond donors (Lipinski definition) is 2. The summed E-state index contributed by atoms with van der Waals surface area (Å²) in [6.45, 7) is 7.12. The molecule has 1 aliphatic rings. The third-order valence-electron chi connectivity index (χ3n) is 8.61. The molecule has 3 aromatic carbocycles. The molecule has 0 saturated carbocycles. The van der Waals surface area contributed by atoms with Crippen molar-refractivity contribution in [2.45, 2.75) is 44.8 Å². The van der Waals surface area contributed by atoms with Gasteiger partial charge in [0.05, 0.1) is 19.7 Å². The number of carboxylic acid groups (broad SMARTS) is 1. The molecular formula is C37H43N3O5. The minimum absolute atomic E-state index is 0.315. The molecule has 0 aliphatic carbocycles. The Balaban J connectivity index is 1.75. The summed E-state index contributed by atoms with van der Waals surface area (Å²) in [5.41, 5.74) is 2.49. The van der Waals surface area contributed by atoms with E-state index in [1.54, 1.807) is 13.3 Å². The molecule has 236 valence electrons. The van der Waals surface area contributed by atoms with Crippen LogP contribution in [0.4, 0.5) is 4.79 Å². The number of pyridine rings is 1. The standard InChI is InChI=1S/C37H43N3O5/c1-36(2,3)33-29(19-21-40(33)45-35(41)42)27-23-30(34(44-6)38-24-27)32(26-14-8-7-9-15-26)37(43,20-22-39(4)5)31-18-12-16-25-13-10-11-17-28(25)31/h7-19,23-24,32-33,43H,20-22H2,1-6H3,(H,41,42). The molecule has 2 N–H and O–H groups in total. The van der Waals surface area contributed by atoms with Crippen molar-refractivity contribution in [3.05, 3.63) is 113 Å². The van der Waals surface area contributed by atoms with E-state index in [0.717, 1.165) is 38.6 Å². The number of carbonyl (C=O) groups is 1. The summed E-state index contributed by atoms with van der Waals surface area (Å²) in [5, 5.41) is 26.2. The van der Waals surface area contributed by atoms with Gasteiger partial charge in [0.25, 0.3) is 0 Å². The van der Waals surface area contributed by atoms with Gasteiger partial charge in [-0.3, -0.25) is 0 Å². The van der Waals surface area contributed by atoms with Gasteiger partial charge in [-0.25, -0.2) is 9.78 Å². The number of hydrogen-bond acceptors (Lipinski definition) is 7. The minimum atomic E-state index is -1.37. The lowest BCUT2D eigenvalue weighted by Gasteiger charge is -2.40. The van der Waals surface area contributed by atoms with E-state index < -0.39 is 17.7 Å². The van der Waals surface area contributed by atoms with Crippen LogP contribution >= 0.6 is 0 Å². The van der Waals surface area contributed by atoms with Crippen LogP contribution in [0.15, 0.2) is 91.1 Å². The van der Waals surface area contributed by atoms with Crippen LogP contribution in [-0.2, 0) is 10.4 Å². The number of hydroxylamine groups is 2. The third-order valence-corrected chi connectivity index (χ3v) is 8.61. The summed E-state index contributed by atoms with van der Waals surface area (Å²) in [5.74, 6) is -0.144. The highest BCUT2D eigenvalue weighted by Crippen LogP contribution is 2.49. The third kappa shape index (κ3) is 6.59. The fourth-order valence-electron chi connectivity index (χ4n) is 6.72. The highest BCUT2D eigenvalue weighted by atomic mass is 16.8. The lowest BCUT2D eigenvalue weighted by Crippen LogP contribution is -2.42. The van der Waals surface area contributed by atoms with Crippen LogP contribution in [0, 0.1) is 5.41 Å². The monoisotopic (exact) mass is 609 g/mol. The average molecular weight is 610 g/mol. The number of benzene rings is 3. The molecule has 1 aromatic heterocycles. The Bertz CT molecular complexity index is 1680. The van der Waals surface area contributed by atoms with E-state index in [1.807, 2.05) is 80.8 Å². The number of aromatic nitrogens is 1. The maximum absolute atomic E-state index is 13.3. The summed E-state index contributed by atoms with van der Waals surface area (Å²) in [4.78, 5) is 23.6. The molecule has 45 heavy (non-hydrogen) atoms. The molecule has 1 aliphatic heterocycles. The molecule has 0 bridgehead atoms. The van der Waals surface area contributed by atoms with Crippen molar-refractivity contribution in [1.82, 2.24) is 14.9 Å². The highest BCUT2D eigenvalue weighted by Gasteiger charge is 2.44. The van der Waals surface area contributed by atoms with Crippen LogP contribution < -0.4 is 4.74 Å². The number of nitrogens with zero attached hydrogens (tertiary/aromatic N) is 3. The number of aliphatic hydroxyl groups is 1. The Morgan fingerprint density at radius 1 is 1.04 bits per heavy atom. The Kier molecular flexibility index (Phi) is 9.30. The largest absolute Gasteiger partial charge is 0.525 e. The van der Waals surface area contributed by atoms with Crippen molar-refractivity contribution < 1.29 is 24.6 Å². The molecule has 0 radical (unpaired) electrons. The fraction of sp³-hybridized carbons (Fsp3) is 0.351. The SMILES string of the molecule is COc1ncc(C2=CCN(OC(=O)O)C2C(C)(C)C)cc1C(c1ccccc1)C(O)(CCN(C)C)c1cccc2ccccc12. The quantitative estimate of drug-likeness (QED) is 0.200. The fourth-order valence-corrected chi connectivity index (χ4v) is 6.72. The van der Waals surface area contributed by atoms with E-state index in [1.165, 1.54) is 5.06 Å². The predicted molar refractivity (Wildman–Crippen MR) is 177 cm³/mol. The van der Waals surface area contributed by atoms with Gasteiger partial charge < -0.3 is 24.7 Å². The molecule has 0 spiro atoms. The predicted octanol–water partition coefficient (Wildman–Crippen LogP) is 6.94. The van der Waals surface area contributed by atoms with Crippen molar-refractivity contribution in [3.63, 3.8) is 0 Å². The van der Waals surface area contributed by atoms with E-state index in [2.05, 4.69) is 43.9 Å². The minimum Gasteiger partial charge on any atom is -0.481 e. The maximum Gasteiger partial charge on any atom is 0.525 e. The van der Waals surface area contributed by atoms with E-state index in [-0.39, 0.29) is 11.5 Å². The van der Waals surface area contributed by atoms with E-state index in [4.69, 9.17) is 14.6 Å². The van der Waals surface area contributed by atoms with Crippen molar-refractivity contribution >= 4 is 22.5 Å². The van der Waals surface area contributed by atoms with Crippen molar-refractivity contribution in [2.75, 3.05) is 34.3 Å². The van der Waals surface area contributed by atoms with Gasteiger partial charge in [-0.1, -0.05) is 99.6 Å². The molecule has 0 amide bonds. The van der Waals surface area contributed by atoms with Crippen molar-refractivity contribution in [2.24, 2.45) is 5.41 Å². The van der Waals surface area contributed by atoms with Gasteiger partial charge in [0.1, 0.15) is 5.60 Å². The van der Waals surface area contributed by atoms with Gasteiger partial charge in [0.15, 0.2) is 0 Å². The second-order valence-corrected chi connectivity index (χ2v) is 13.1. The molecule has 0 fully saturated rings. The van der Waals surface area contributed by atoms with Gasteiger partial charge in [-0.05, 0) is 65.0 Å². The van der Waals surface area contributed by atoms with Crippen LogP contribution in [0.3, 0.4) is 0 Å². The summed E-state index contributed by atoms with van der Waals surface area (Å²) in [6, 6.07) is 25.9. The number of ether oxygens (including phenoxy) is 1. The van der Waals surface area contributed by atoms with Crippen LogP contribution in [0.2, 0.25) is 0 Å². The summed E-state index contributed by atoms with van der Waals surface area (Å²) >= 11 is 0. The average Bonchev–Trinajstić information content (AvgIpc) is 3.44. The van der Waals surface area contributed by atoms with Crippen molar-refractivity contribution in [1.29, 1.82) is 0 Å². The summed E-state index contributed by atoms with van der Waals surface area (Å²) in [6.07, 6.45) is 2.84. The molecule has 8 nitrogen and oxygen atoms in total. The van der Waals surface area contributed by atoms with Gasteiger partial charge in [-0.2, -0.15) is 0 Å². The van der Waals surface area contributed by atoms with E-state index >= 15 is 0 Å². The Hall–Kier alpha value is -4.24. The number of rotatable bonds is 10. The summed E-state index contributed by atoms with van der Waals surface area (Å²) in [7, 11) is 5.61. The summed E-state index contributed by atoms with van der Waals surface area (Å²) < 4.78 is 5.91. The first-order chi connectivity index (χ1) is 21.4.